The second-order valence-corrected chi connectivity index (χ2v) is 3.91. The van der Waals surface area contributed by atoms with E-state index < -0.39 is 0 Å². The molecule has 0 aliphatic carbocycles. The van der Waals surface area contributed by atoms with Gasteiger partial charge in [-0.2, -0.15) is 0 Å². The smallest absolute Gasteiger partial charge is 0.318 e. The van der Waals surface area contributed by atoms with Crippen molar-refractivity contribution in [2.24, 2.45) is 7.05 Å². The van der Waals surface area contributed by atoms with Gasteiger partial charge in [-0.25, -0.2) is 4.98 Å². The molecule has 4 nitrogen and oxygen atoms in total. The van der Waals surface area contributed by atoms with E-state index >= 15 is 0 Å². The van der Waals surface area contributed by atoms with Crippen molar-refractivity contribution in [3.05, 3.63) is 12.4 Å². The Morgan fingerprint density at radius 1 is 1.77 bits per heavy atom. The Bertz CT molecular complexity index is 298. The molecule has 0 amide bonds. The number of carbonyl (C=O) groups excluding carboxylic acids is 1. The third-order valence-electron chi connectivity index (χ3n) is 1.59. The maximum absolute atomic E-state index is 11.1. The van der Waals surface area contributed by atoms with Crippen LogP contribution in [0, 0.1) is 0 Å². The van der Waals surface area contributed by atoms with Crippen molar-refractivity contribution in [1.29, 1.82) is 0 Å². The number of imidazole rings is 1. The number of esters is 1. The molecular weight excluding hydrogens is 188 g/mol. The molecule has 0 radical (unpaired) electrons. The third-order valence-corrected chi connectivity index (χ3v) is 2.74. The number of hydrogen-bond donors (Lipinski definition) is 0. The monoisotopic (exact) mass is 200 g/mol. The summed E-state index contributed by atoms with van der Waals surface area (Å²) in [5, 5.41) is 0.601. The molecule has 0 fully saturated rings. The van der Waals surface area contributed by atoms with Gasteiger partial charge in [-0.05, 0) is 6.92 Å². The highest BCUT2D eigenvalue weighted by Gasteiger charge is 2.16. The number of ether oxygens (including phenoxy) is 1. The average molecular weight is 200 g/mol. The molecule has 0 aromatic carbocycles. The number of methoxy groups -OCH3 is 1. The summed E-state index contributed by atoms with van der Waals surface area (Å²) in [7, 11) is 3.27. The molecule has 1 unspecified atom stereocenters. The summed E-state index contributed by atoms with van der Waals surface area (Å²) in [5.41, 5.74) is 0. The molecule has 0 aliphatic rings. The SMILES string of the molecule is COC(=O)C(C)Sc1nccn1C. The van der Waals surface area contributed by atoms with Crippen molar-refractivity contribution in [3.63, 3.8) is 0 Å². The van der Waals surface area contributed by atoms with Crippen LogP contribution in [0.4, 0.5) is 0 Å². The van der Waals surface area contributed by atoms with E-state index in [2.05, 4.69) is 9.72 Å². The first-order valence-electron chi connectivity index (χ1n) is 3.87. The van der Waals surface area contributed by atoms with Crippen LogP contribution in [0.3, 0.4) is 0 Å². The number of nitrogens with zero attached hydrogens (tertiary/aromatic N) is 2. The molecule has 5 heteroatoms. The third kappa shape index (κ3) is 2.48. The predicted octanol–water partition coefficient (Wildman–Crippen LogP) is 1.07. The van der Waals surface area contributed by atoms with Crippen LogP contribution in [-0.4, -0.2) is 27.9 Å². The standard InChI is InChI=1S/C8H12N2O2S/c1-6(7(11)12-3)13-8-9-4-5-10(8)2/h4-6H,1-3H3. The molecule has 0 N–H and O–H groups in total. The van der Waals surface area contributed by atoms with Crippen LogP contribution >= 0.6 is 11.8 Å². The molecule has 0 saturated heterocycles. The molecule has 0 spiro atoms. The molecule has 13 heavy (non-hydrogen) atoms. The Morgan fingerprint density at radius 2 is 2.46 bits per heavy atom. The number of rotatable bonds is 3. The van der Waals surface area contributed by atoms with E-state index in [0.717, 1.165) is 5.16 Å². The zero-order valence-electron chi connectivity index (χ0n) is 7.85. The Hall–Kier alpha value is -0.970. The van der Waals surface area contributed by atoms with Crippen LogP contribution in [-0.2, 0) is 16.6 Å². The first-order chi connectivity index (χ1) is 6.15. The van der Waals surface area contributed by atoms with Crippen molar-refractivity contribution in [2.45, 2.75) is 17.3 Å². The first kappa shape index (κ1) is 10.1. The van der Waals surface area contributed by atoms with Gasteiger partial charge < -0.3 is 9.30 Å². The fraction of sp³-hybridized carbons (Fsp3) is 0.500. The minimum atomic E-state index is -0.229. The molecule has 72 valence electrons. The summed E-state index contributed by atoms with van der Waals surface area (Å²) < 4.78 is 6.47. The van der Waals surface area contributed by atoms with Gasteiger partial charge in [-0.15, -0.1) is 0 Å². The van der Waals surface area contributed by atoms with Crippen LogP contribution in [0.2, 0.25) is 0 Å². The summed E-state index contributed by atoms with van der Waals surface area (Å²) in [5.74, 6) is -0.229. The van der Waals surface area contributed by atoms with Gasteiger partial charge in [0.15, 0.2) is 5.16 Å². The van der Waals surface area contributed by atoms with Crippen molar-refractivity contribution in [1.82, 2.24) is 9.55 Å². The number of aryl methyl sites for hydroxylation is 1. The Labute approximate surface area is 81.3 Å². The Morgan fingerprint density at radius 3 is 2.92 bits per heavy atom. The Balaban J connectivity index is 2.59. The fourth-order valence-electron chi connectivity index (χ4n) is 0.838. The van der Waals surface area contributed by atoms with Crippen LogP contribution in [0.5, 0.6) is 0 Å². The van der Waals surface area contributed by atoms with Gasteiger partial charge in [-0.3, -0.25) is 4.79 Å². The minimum absolute atomic E-state index is 0.217. The predicted molar refractivity (Wildman–Crippen MR) is 50.5 cm³/mol. The summed E-state index contributed by atoms with van der Waals surface area (Å²) in [4.78, 5) is 15.2. The van der Waals surface area contributed by atoms with Crippen molar-refractivity contribution in [3.8, 4) is 0 Å². The highest BCUT2D eigenvalue weighted by Crippen LogP contribution is 2.20. The quantitative estimate of drug-likeness (QED) is 0.541. The molecule has 0 aliphatic heterocycles. The van der Waals surface area contributed by atoms with Gasteiger partial charge in [0.25, 0.3) is 0 Å². The molecule has 0 saturated carbocycles. The highest BCUT2D eigenvalue weighted by molar-refractivity contribution is 8.00. The zero-order chi connectivity index (χ0) is 9.84. The van der Waals surface area contributed by atoms with Gasteiger partial charge >= 0.3 is 5.97 Å². The van der Waals surface area contributed by atoms with Crippen LogP contribution < -0.4 is 0 Å². The maximum Gasteiger partial charge on any atom is 0.318 e. The molecule has 1 aromatic rings. The molecule has 1 aromatic heterocycles. The van der Waals surface area contributed by atoms with Gasteiger partial charge in [0.05, 0.1) is 7.11 Å². The van der Waals surface area contributed by atoms with Gasteiger partial charge in [0.1, 0.15) is 5.25 Å². The normalized spacial score (nSPS) is 12.5. The molecule has 0 bridgehead atoms. The van der Waals surface area contributed by atoms with Crippen LogP contribution in [0.15, 0.2) is 17.6 Å². The number of hydrogen-bond acceptors (Lipinski definition) is 4. The minimum Gasteiger partial charge on any atom is -0.468 e. The van der Waals surface area contributed by atoms with Crippen LogP contribution in [0.1, 0.15) is 6.92 Å². The lowest BCUT2D eigenvalue weighted by atomic mass is 10.5. The van der Waals surface area contributed by atoms with E-state index in [9.17, 15) is 4.79 Å². The number of aromatic nitrogens is 2. The van der Waals surface area contributed by atoms with E-state index in [4.69, 9.17) is 0 Å². The number of carbonyl (C=O) groups is 1. The number of thioether (sulfide) groups is 1. The van der Waals surface area contributed by atoms with E-state index in [-0.39, 0.29) is 11.2 Å². The lowest BCUT2D eigenvalue weighted by Crippen LogP contribution is -2.15. The summed E-state index contributed by atoms with van der Waals surface area (Å²) in [6.45, 7) is 1.80. The molecule has 1 heterocycles. The summed E-state index contributed by atoms with van der Waals surface area (Å²) >= 11 is 1.39. The lowest BCUT2D eigenvalue weighted by molar-refractivity contribution is -0.139. The van der Waals surface area contributed by atoms with E-state index in [1.165, 1.54) is 18.9 Å². The summed E-state index contributed by atoms with van der Waals surface area (Å²) in [6.07, 6.45) is 3.54. The average Bonchev–Trinajstić information content (AvgIpc) is 2.50. The topological polar surface area (TPSA) is 44.1 Å². The van der Waals surface area contributed by atoms with Gasteiger partial charge in [0, 0.05) is 19.4 Å². The second kappa shape index (κ2) is 4.32. The summed E-state index contributed by atoms with van der Waals surface area (Å²) in [6, 6.07) is 0. The highest BCUT2D eigenvalue weighted by atomic mass is 32.2. The molecule has 1 atom stereocenters. The maximum atomic E-state index is 11.1. The van der Waals surface area contributed by atoms with Crippen LogP contribution in [0.25, 0.3) is 0 Å². The van der Waals surface area contributed by atoms with Crippen molar-refractivity contribution in [2.75, 3.05) is 7.11 Å². The van der Waals surface area contributed by atoms with Crippen molar-refractivity contribution >= 4 is 17.7 Å². The molecule has 1 rings (SSSR count). The zero-order valence-corrected chi connectivity index (χ0v) is 8.67. The van der Waals surface area contributed by atoms with E-state index in [1.54, 1.807) is 13.1 Å². The fourth-order valence-corrected chi connectivity index (χ4v) is 1.70. The largest absolute Gasteiger partial charge is 0.468 e. The lowest BCUT2D eigenvalue weighted by Gasteiger charge is -2.07. The Kier molecular flexibility index (Phi) is 3.36. The van der Waals surface area contributed by atoms with Crippen molar-refractivity contribution < 1.29 is 9.53 Å². The molecular formula is C8H12N2O2S. The van der Waals surface area contributed by atoms with Gasteiger partial charge in [0.2, 0.25) is 0 Å². The first-order valence-corrected chi connectivity index (χ1v) is 4.75. The second-order valence-electron chi connectivity index (χ2n) is 2.60. The van der Waals surface area contributed by atoms with Gasteiger partial charge in [-0.1, -0.05) is 11.8 Å². The van der Waals surface area contributed by atoms with E-state index in [1.807, 2.05) is 17.8 Å². The van der Waals surface area contributed by atoms with E-state index in [0.29, 0.717) is 0 Å².